The summed E-state index contributed by atoms with van der Waals surface area (Å²) in [4.78, 5) is 4.91. The summed E-state index contributed by atoms with van der Waals surface area (Å²) >= 11 is 0. The Morgan fingerprint density at radius 2 is 1.61 bits per heavy atom. The van der Waals surface area contributed by atoms with E-state index in [0.29, 0.717) is 17.9 Å². The minimum absolute atomic E-state index is 0.290. The lowest BCUT2D eigenvalue weighted by molar-refractivity contribution is 0.444. The molecular weight excluding hydrogens is 342 g/mol. The predicted octanol–water partition coefficient (Wildman–Crippen LogP) is 6.84. The summed E-state index contributed by atoms with van der Waals surface area (Å²) in [6, 6.07) is 9.51. The van der Waals surface area contributed by atoms with Crippen molar-refractivity contribution < 1.29 is 0 Å². The quantitative estimate of drug-likeness (QED) is 0.544. The van der Waals surface area contributed by atoms with Gasteiger partial charge in [0, 0.05) is 11.6 Å². The first-order valence-electron chi connectivity index (χ1n) is 10.8. The van der Waals surface area contributed by atoms with Gasteiger partial charge in [0.1, 0.15) is 0 Å². The highest BCUT2D eigenvalue weighted by Gasteiger charge is 2.25. The van der Waals surface area contributed by atoms with Crippen LogP contribution in [0.2, 0.25) is 0 Å². The summed E-state index contributed by atoms with van der Waals surface area (Å²) in [5.74, 6) is 1.24. The average molecular weight is 376 g/mol. The highest BCUT2D eigenvalue weighted by atomic mass is 15.2. The molecule has 148 valence electrons. The molecule has 0 atom stereocenters. The Bertz CT molecular complexity index is 997. The number of nitrogens with two attached hydrogens (primary N) is 1. The monoisotopic (exact) mass is 375 g/mol. The third-order valence-corrected chi connectivity index (χ3v) is 6.41. The highest BCUT2D eigenvalue weighted by molar-refractivity contribution is 5.97. The van der Waals surface area contributed by atoms with Crippen LogP contribution in [0.5, 0.6) is 0 Å². The first-order chi connectivity index (χ1) is 13.4. The second-order valence-corrected chi connectivity index (χ2v) is 8.94. The van der Waals surface area contributed by atoms with Gasteiger partial charge in [-0.25, -0.2) is 4.98 Å². The fourth-order valence-electron chi connectivity index (χ4n) is 5.33. The molecule has 0 spiro atoms. The molecule has 0 radical (unpaired) electrons. The maximum atomic E-state index is 6.38. The van der Waals surface area contributed by atoms with Gasteiger partial charge in [0.05, 0.1) is 11.0 Å². The predicted molar refractivity (Wildman–Crippen MR) is 120 cm³/mol. The zero-order valence-corrected chi connectivity index (χ0v) is 18.0. The summed E-state index contributed by atoms with van der Waals surface area (Å²) in [5.41, 5.74) is 16.7. The lowest BCUT2D eigenvalue weighted by Gasteiger charge is -2.26. The van der Waals surface area contributed by atoms with Crippen LogP contribution in [-0.4, -0.2) is 9.55 Å². The van der Waals surface area contributed by atoms with E-state index in [1.165, 1.54) is 65.5 Å². The molecule has 0 saturated heterocycles. The van der Waals surface area contributed by atoms with Crippen molar-refractivity contribution in [3.63, 3.8) is 0 Å². The Balaban J connectivity index is 2.07. The number of benzene rings is 2. The molecule has 0 aliphatic heterocycles. The maximum absolute atomic E-state index is 6.38. The average Bonchev–Trinajstić information content (AvgIpc) is 2.98. The van der Waals surface area contributed by atoms with Crippen LogP contribution in [0.15, 0.2) is 24.3 Å². The van der Waals surface area contributed by atoms with Gasteiger partial charge in [0.25, 0.3) is 0 Å². The van der Waals surface area contributed by atoms with Gasteiger partial charge >= 0.3 is 0 Å². The normalized spacial score (nSPS) is 15.6. The van der Waals surface area contributed by atoms with Crippen molar-refractivity contribution in [1.82, 2.24) is 9.55 Å². The standard InChI is InChI=1S/C25H33N3/c1-15(2)28-21-12-11-20(19-9-7-6-8-10-19)23(24(21)27-25(28)26)22-17(4)13-16(3)14-18(22)5/h11-15,19H,6-10H2,1-5H3,(H2,26,27). The number of hydrogen-bond acceptors (Lipinski definition) is 2. The summed E-state index contributed by atoms with van der Waals surface area (Å²) < 4.78 is 2.17. The summed E-state index contributed by atoms with van der Waals surface area (Å²) in [6.07, 6.45) is 6.59. The van der Waals surface area contributed by atoms with Gasteiger partial charge in [-0.05, 0) is 81.7 Å². The number of hydrogen-bond donors (Lipinski definition) is 1. The fraction of sp³-hybridized carbons (Fsp3) is 0.480. The molecule has 3 nitrogen and oxygen atoms in total. The smallest absolute Gasteiger partial charge is 0.201 e. The van der Waals surface area contributed by atoms with Gasteiger partial charge in [-0.1, -0.05) is 43.0 Å². The van der Waals surface area contributed by atoms with E-state index in [2.05, 4.69) is 63.5 Å². The highest BCUT2D eigenvalue weighted by Crippen LogP contribution is 2.44. The number of fused-ring (bicyclic) bond motifs is 1. The lowest BCUT2D eigenvalue weighted by atomic mass is 9.79. The Hall–Kier alpha value is -2.29. The first-order valence-corrected chi connectivity index (χ1v) is 10.8. The number of anilines is 1. The molecule has 1 aromatic heterocycles. The Morgan fingerprint density at radius 3 is 2.21 bits per heavy atom. The maximum Gasteiger partial charge on any atom is 0.201 e. The van der Waals surface area contributed by atoms with Crippen molar-refractivity contribution in [2.45, 2.75) is 78.7 Å². The van der Waals surface area contributed by atoms with Gasteiger partial charge in [-0.2, -0.15) is 0 Å². The van der Waals surface area contributed by atoms with Crippen LogP contribution in [-0.2, 0) is 0 Å². The van der Waals surface area contributed by atoms with Crippen molar-refractivity contribution in [3.05, 3.63) is 46.5 Å². The van der Waals surface area contributed by atoms with Crippen LogP contribution < -0.4 is 5.73 Å². The SMILES string of the molecule is Cc1cc(C)c(-c2c(C3CCCCC3)ccc3c2nc(N)n3C(C)C)c(C)c1. The molecule has 3 aromatic rings. The molecule has 1 aliphatic rings. The molecule has 1 aliphatic carbocycles. The molecule has 0 amide bonds. The van der Waals surface area contributed by atoms with E-state index < -0.39 is 0 Å². The molecule has 1 saturated carbocycles. The van der Waals surface area contributed by atoms with E-state index in [9.17, 15) is 0 Å². The van der Waals surface area contributed by atoms with Crippen LogP contribution in [0.4, 0.5) is 5.95 Å². The molecular formula is C25H33N3. The molecule has 1 fully saturated rings. The van der Waals surface area contributed by atoms with E-state index >= 15 is 0 Å². The Morgan fingerprint density at radius 1 is 0.964 bits per heavy atom. The van der Waals surface area contributed by atoms with Crippen LogP contribution in [0.1, 0.15) is 80.2 Å². The van der Waals surface area contributed by atoms with Crippen LogP contribution in [0.25, 0.3) is 22.2 Å². The van der Waals surface area contributed by atoms with E-state index in [-0.39, 0.29) is 0 Å². The number of aryl methyl sites for hydroxylation is 3. The molecule has 28 heavy (non-hydrogen) atoms. The van der Waals surface area contributed by atoms with E-state index in [0.717, 1.165) is 11.0 Å². The van der Waals surface area contributed by atoms with Crippen molar-refractivity contribution >= 4 is 17.0 Å². The Labute approximate surface area is 169 Å². The van der Waals surface area contributed by atoms with Crippen LogP contribution in [0, 0.1) is 20.8 Å². The van der Waals surface area contributed by atoms with E-state index in [1.807, 2.05) is 0 Å². The second-order valence-electron chi connectivity index (χ2n) is 8.94. The van der Waals surface area contributed by atoms with Crippen molar-refractivity contribution in [2.24, 2.45) is 0 Å². The van der Waals surface area contributed by atoms with E-state index in [4.69, 9.17) is 10.7 Å². The molecule has 2 N–H and O–H groups in total. The number of aromatic nitrogens is 2. The minimum Gasteiger partial charge on any atom is -0.369 e. The number of rotatable bonds is 3. The molecule has 1 heterocycles. The van der Waals surface area contributed by atoms with Crippen molar-refractivity contribution in [3.8, 4) is 11.1 Å². The zero-order valence-electron chi connectivity index (χ0n) is 18.0. The molecule has 3 heteroatoms. The summed E-state index contributed by atoms with van der Waals surface area (Å²) in [7, 11) is 0. The molecule has 4 rings (SSSR count). The second kappa shape index (κ2) is 7.27. The van der Waals surface area contributed by atoms with Gasteiger partial charge in [-0.15, -0.1) is 0 Å². The van der Waals surface area contributed by atoms with E-state index in [1.54, 1.807) is 0 Å². The van der Waals surface area contributed by atoms with Crippen molar-refractivity contribution in [1.29, 1.82) is 0 Å². The summed E-state index contributed by atoms with van der Waals surface area (Å²) in [5, 5.41) is 0. The third-order valence-electron chi connectivity index (χ3n) is 6.41. The van der Waals surface area contributed by atoms with Crippen molar-refractivity contribution in [2.75, 3.05) is 5.73 Å². The fourth-order valence-corrected chi connectivity index (χ4v) is 5.33. The largest absolute Gasteiger partial charge is 0.369 e. The zero-order chi connectivity index (χ0) is 20.0. The van der Waals surface area contributed by atoms with Gasteiger partial charge in [0.2, 0.25) is 5.95 Å². The lowest BCUT2D eigenvalue weighted by Crippen LogP contribution is -2.08. The number of nitrogen functional groups attached to an aromatic ring is 1. The van der Waals surface area contributed by atoms with Crippen LogP contribution >= 0.6 is 0 Å². The third kappa shape index (κ3) is 3.11. The molecule has 0 unspecified atom stereocenters. The minimum atomic E-state index is 0.290. The van der Waals surface area contributed by atoms with Crippen LogP contribution in [0.3, 0.4) is 0 Å². The number of nitrogens with zero attached hydrogens (tertiary/aromatic N) is 2. The van der Waals surface area contributed by atoms with Gasteiger partial charge in [0.15, 0.2) is 0 Å². The summed E-state index contributed by atoms with van der Waals surface area (Å²) in [6.45, 7) is 11.0. The van der Waals surface area contributed by atoms with Gasteiger partial charge < -0.3 is 10.3 Å². The molecule has 0 bridgehead atoms. The number of imidazole rings is 1. The topological polar surface area (TPSA) is 43.8 Å². The Kier molecular flexibility index (Phi) is 4.95. The molecule has 2 aromatic carbocycles. The first kappa shape index (κ1) is 19.0. The van der Waals surface area contributed by atoms with Gasteiger partial charge in [-0.3, -0.25) is 0 Å².